The van der Waals surface area contributed by atoms with E-state index in [0.29, 0.717) is 11.3 Å². The van der Waals surface area contributed by atoms with Gasteiger partial charge in [0, 0.05) is 6.04 Å². The number of hydrogen-bond acceptors (Lipinski definition) is 2. The van der Waals surface area contributed by atoms with Gasteiger partial charge in [0.1, 0.15) is 0 Å². The fraction of sp³-hybridized carbons (Fsp3) is 0.263. The highest BCUT2D eigenvalue weighted by Crippen LogP contribution is 2.28. The summed E-state index contributed by atoms with van der Waals surface area (Å²) in [6.45, 7) is 3.88. The van der Waals surface area contributed by atoms with Crippen molar-refractivity contribution in [3.63, 3.8) is 0 Å². The summed E-state index contributed by atoms with van der Waals surface area (Å²) in [4.78, 5) is 0.469. The molecule has 1 atom stereocenters. The molecule has 1 N–H and O–H groups in total. The molecule has 1 aliphatic carbocycles. The molecule has 0 aromatic heterocycles. The molecule has 0 radical (unpaired) electrons. The summed E-state index contributed by atoms with van der Waals surface area (Å²) >= 11 is 0. The molecule has 1 aliphatic rings. The number of hydrogen-bond donors (Lipinski definition) is 1. The van der Waals surface area contributed by atoms with Gasteiger partial charge in [0.25, 0.3) is 0 Å². The van der Waals surface area contributed by atoms with Crippen molar-refractivity contribution in [2.24, 2.45) is 0 Å². The molecule has 0 saturated heterocycles. The van der Waals surface area contributed by atoms with Crippen LogP contribution in [0.4, 0.5) is 0 Å². The van der Waals surface area contributed by atoms with Crippen LogP contribution in [0.15, 0.2) is 53.4 Å². The number of nitrogens with one attached hydrogen (secondary N) is 1. The first-order chi connectivity index (χ1) is 11.0. The smallest absolute Gasteiger partial charge is 0.207 e. The molecule has 0 amide bonds. The van der Waals surface area contributed by atoms with Gasteiger partial charge in [0.05, 0.1) is 4.91 Å². The number of fused-ring (bicyclic) bond motifs is 1. The Morgan fingerprint density at radius 2 is 1.70 bits per heavy atom. The zero-order chi connectivity index (χ0) is 16.4. The lowest BCUT2D eigenvalue weighted by molar-refractivity contribution is 0.571. The minimum absolute atomic E-state index is 0.251. The summed E-state index contributed by atoms with van der Waals surface area (Å²) in [5, 5.41) is 0. The van der Waals surface area contributed by atoms with Gasteiger partial charge in [-0.3, -0.25) is 0 Å². The van der Waals surface area contributed by atoms with Crippen LogP contribution in [0.25, 0.3) is 6.08 Å². The van der Waals surface area contributed by atoms with Crippen LogP contribution in [0.1, 0.15) is 41.6 Å². The standard InChI is InChI=1S/C19H21NO2S/c1-14-7-3-6-10-19(14)15(2)20-23(21,22)18-12-11-16-8-4-5-9-17(16)13-18/h3-10,13,15,20H,11-12H2,1-2H3. The molecule has 2 aromatic rings. The Kier molecular flexibility index (Phi) is 4.37. The van der Waals surface area contributed by atoms with Gasteiger partial charge in [0.2, 0.25) is 10.0 Å². The topological polar surface area (TPSA) is 46.2 Å². The molecule has 0 fully saturated rings. The molecule has 23 heavy (non-hydrogen) atoms. The summed E-state index contributed by atoms with van der Waals surface area (Å²) in [6, 6.07) is 15.6. The Bertz CT molecular complexity index is 853. The Hall–Kier alpha value is -1.91. The number of allylic oxidation sites excluding steroid dienone is 1. The Balaban J connectivity index is 1.86. The number of rotatable bonds is 4. The molecule has 0 aliphatic heterocycles. The van der Waals surface area contributed by atoms with Crippen LogP contribution in [-0.2, 0) is 16.4 Å². The van der Waals surface area contributed by atoms with Crippen LogP contribution in [0.5, 0.6) is 0 Å². The van der Waals surface area contributed by atoms with E-state index < -0.39 is 10.0 Å². The number of aryl methyl sites for hydroxylation is 2. The van der Waals surface area contributed by atoms with Gasteiger partial charge in [-0.25, -0.2) is 13.1 Å². The van der Waals surface area contributed by atoms with Crippen molar-refractivity contribution < 1.29 is 8.42 Å². The van der Waals surface area contributed by atoms with Gasteiger partial charge in [-0.05, 0) is 55.0 Å². The maximum Gasteiger partial charge on any atom is 0.237 e. The third-order valence-electron chi connectivity index (χ3n) is 4.34. The number of sulfonamides is 1. The minimum atomic E-state index is -3.48. The average molecular weight is 327 g/mol. The van der Waals surface area contributed by atoms with E-state index in [1.807, 2.05) is 56.3 Å². The molecule has 0 heterocycles. The van der Waals surface area contributed by atoms with Gasteiger partial charge in [-0.2, -0.15) is 0 Å². The van der Waals surface area contributed by atoms with Crippen molar-refractivity contribution in [3.05, 3.63) is 75.7 Å². The van der Waals surface area contributed by atoms with Crippen LogP contribution < -0.4 is 4.72 Å². The minimum Gasteiger partial charge on any atom is -0.207 e. The Morgan fingerprint density at radius 3 is 2.48 bits per heavy atom. The first kappa shape index (κ1) is 16.0. The lowest BCUT2D eigenvalue weighted by Gasteiger charge is -2.21. The second-order valence-electron chi connectivity index (χ2n) is 6.01. The molecule has 4 heteroatoms. The molecule has 0 saturated carbocycles. The predicted molar refractivity (Wildman–Crippen MR) is 94.4 cm³/mol. The second kappa shape index (κ2) is 6.30. The molecule has 1 unspecified atom stereocenters. The summed E-state index contributed by atoms with van der Waals surface area (Å²) in [5.41, 5.74) is 4.31. The second-order valence-corrected chi connectivity index (χ2v) is 7.78. The Morgan fingerprint density at radius 1 is 1.00 bits per heavy atom. The van der Waals surface area contributed by atoms with Crippen molar-refractivity contribution in [1.29, 1.82) is 0 Å². The van der Waals surface area contributed by atoms with Gasteiger partial charge < -0.3 is 0 Å². The summed E-state index contributed by atoms with van der Waals surface area (Å²) in [6.07, 6.45) is 3.11. The molecular formula is C19H21NO2S. The van der Waals surface area contributed by atoms with Crippen molar-refractivity contribution in [3.8, 4) is 0 Å². The van der Waals surface area contributed by atoms with E-state index in [-0.39, 0.29) is 6.04 Å². The first-order valence-corrected chi connectivity index (χ1v) is 9.32. The molecule has 3 nitrogen and oxygen atoms in total. The van der Waals surface area contributed by atoms with E-state index in [2.05, 4.69) is 10.8 Å². The fourth-order valence-electron chi connectivity index (χ4n) is 3.06. The van der Waals surface area contributed by atoms with Crippen LogP contribution in [-0.4, -0.2) is 8.42 Å². The lowest BCUT2D eigenvalue weighted by Crippen LogP contribution is -2.29. The predicted octanol–water partition coefficient (Wildman–Crippen LogP) is 3.96. The van der Waals surface area contributed by atoms with E-state index in [4.69, 9.17) is 0 Å². The number of benzene rings is 2. The van der Waals surface area contributed by atoms with Crippen molar-refractivity contribution in [1.82, 2.24) is 4.72 Å². The van der Waals surface area contributed by atoms with E-state index in [0.717, 1.165) is 23.1 Å². The highest BCUT2D eigenvalue weighted by molar-refractivity contribution is 7.93. The third kappa shape index (κ3) is 3.38. The highest BCUT2D eigenvalue weighted by Gasteiger charge is 2.24. The average Bonchev–Trinajstić information content (AvgIpc) is 2.54. The summed E-state index contributed by atoms with van der Waals surface area (Å²) in [7, 11) is -3.48. The Labute approximate surface area is 138 Å². The van der Waals surface area contributed by atoms with Crippen molar-refractivity contribution in [2.75, 3.05) is 0 Å². The van der Waals surface area contributed by atoms with Crippen molar-refractivity contribution >= 4 is 16.1 Å². The molecule has 2 aromatic carbocycles. The summed E-state index contributed by atoms with van der Waals surface area (Å²) in [5.74, 6) is 0. The van der Waals surface area contributed by atoms with E-state index >= 15 is 0 Å². The maximum atomic E-state index is 12.7. The zero-order valence-corrected chi connectivity index (χ0v) is 14.2. The van der Waals surface area contributed by atoms with Crippen LogP contribution in [0.3, 0.4) is 0 Å². The molecule has 0 spiro atoms. The quantitative estimate of drug-likeness (QED) is 0.924. The van der Waals surface area contributed by atoms with E-state index in [1.165, 1.54) is 5.56 Å². The van der Waals surface area contributed by atoms with Gasteiger partial charge in [0.15, 0.2) is 0 Å². The van der Waals surface area contributed by atoms with Gasteiger partial charge in [-0.1, -0.05) is 48.5 Å². The largest absolute Gasteiger partial charge is 0.237 e. The molecule has 3 rings (SSSR count). The van der Waals surface area contributed by atoms with E-state index in [1.54, 1.807) is 6.08 Å². The van der Waals surface area contributed by atoms with Gasteiger partial charge in [-0.15, -0.1) is 0 Å². The normalized spacial score (nSPS) is 15.7. The van der Waals surface area contributed by atoms with Crippen molar-refractivity contribution in [2.45, 2.75) is 32.7 Å². The molecule has 0 bridgehead atoms. The zero-order valence-electron chi connectivity index (χ0n) is 13.4. The molecular weight excluding hydrogens is 306 g/mol. The SMILES string of the molecule is Cc1ccccc1C(C)NS(=O)(=O)C1=Cc2ccccc2CC1. The fourth-order valence-corrected chi connectivity index (χ4v) is 4.46. The molecule has 120 valence electrons. The lowest BCUT2D eigenvalue weighted by atomic mass is 9.98. The van der Waals surface area contributed by atoms with Crippen LogP contribution in [0, 0.1) is 6.92 Å². The summed E-state index contributed by atoms with van der Waals surface area (Å²) < 4.78 is 28.2. The van der Waals surface area contributed by atoms with Crippen LogP contribution in [0.2, 0.25) is 0 Å². The first-order valence-electron chi connectivity index (χ1n) is 7.84. The van der Waals surface area contributed by atoms with Gasteiger partial charge >= 0.3 is 0 Å². The van der Waals surface area contributed by atoms with E-state index in [9.17, 15) is 8.42 Å². The monoisotopic (exact) mass is 327 g/mol. The highest BCUT2D eigenvalue weighted by atomic mass is 32.2. The third-order valence-corrected chi connectivity index (χ3v) is 6.02. The van der Waals surface area contributed by atoms with Crippen LogP contribution >= 0.6 is 0 Å². The maximum absolute atomic E-state index is 12.7.